The first kappa shape index (κ1) is 14.3. The van der Waals surface area contributed by atoms with Gasteiger partial charge in [0.2, 0.25) is 0 Å². The molecule has 4 heteroatoms. The van der Waals surface area contributed by atoms with Gasteiger partial charge in [0.05, 0.1) is 4.34 Å². The number of thiophene rings is 1. The van der Waals surface area contributed by atoms with E-state index in [2.05, 4.69) is 30.1 Å². The molecule has 0 radical (unpaired) electrons. The molecule has 1 aliphatic rings. The van der Waals surface area contributed by atoms with Gasteiger partial charge in [-0.25, -0.2) is 0 Å². The zero-order valence-corrected chi connectivity index (χ0v) is 12.9. The predicted molar refractivity (Wildman–Crippen MR) is 80.5 cm³/mol. The fourth-order valence-electron chi connectivity index (χ4n) is 2.21. The van der Waals surface area contributed by atoms with Gasteiger partial charge in [-0.2, -0.15) is 0 Å². The van der Waals surface area contributed by atoms with Gasteiger partial charge >= 0.3 is 0 Å². The second-order valence-corrected chi connectivity index (χ2v) is 7.30. The average molecular weight is 287 g/mol. The molecule has 0 amide bonds. The number of hydrogen-bond acceptors (Lipinski definition) is 3. The molecule has 0 spiro atoms. The van der Waals surface area contributed by atoms with E-state index in [4.69, 9.17) is 11.6 Å². The Kier molecular flexibility index (Phi) is 5.49. The molecule has 102 valence electrons. The smallest absolute Gasteiger partial charge is 0.0931 e. The van der Waals surface area contributed by atoms with E-state index < -0.39 is 0 Å². The van der Waals surface area contributed by atoms with Gasteiger partial charge in [0.15, 0.2) is 0 Å². The summed E-state index contributed by atoms with van der Waals surface area (Å²) in [6, 6.07) is 4.94. The van der Waals surface area contributed by atoms with Crippen LogP contribution in [-0.4, -0.2) is 30.6 Å². The van der Waals surface area contributed by atoms with Crippen LogP contribution in [0.15, 0.2) is 12.1 Å². The molecule has 1 aromatic heterocycles. The van der Waals surface area contributed by atoms with Crippen molar-refractivity contribution in [1.82, 2.24) is 10.2 Å². The summed E-state index contributed by atoms with van der Waals surface area (Å²) in [5, 5.41) is 3.51. The minimum Gasteiger partial charge on any atom is -0.311 e. The van der Waals surface area contributed by atoms with Crippen LogP contribution < -0.4 is 5.32 Å². The quantitative estimate of drug-likeness (QED) is 0.735. The third-order valence-corrected chi connectivity index (χ3v) is 4.40. The van der Waals surface area contributed by atoms with Crippen molar-refractivity contribution in [3.8, 4) is 0 Å². The molecule has 2 rings (SSSR count). The predicted octanol–water partition coefficient (Wildman–Crippen LogP) is 3.61. The lowest BCUT2D eigenvalue weighted by molar-refractivity contribution is 0.234. The molecule has 0 saturated heterocycles. The number of halogens is 1. The van der Waals surface area contributed by atoms with Crippen molar-refractivity contribution in [2.24, 2.45) is 5.92 Å². The number of hydrogen-bond donors (Lipinski definition) is 1. The lowest BCUT2D eigenvalue weighted by Crippen LogP contribution is -2.36. The Morgan fingerprint density at radius 2 is 2.22 bits per heavy atom. The number of nitrogens with zero attached hydrogens (tertiary/aromatic N) is 1. The molecular weight excluding hydrogens is 264 g/mol. The van der Waals surface area contributed by atoms with Gasteiger partial charge in [-0.15, -0.1) is 11.3 Å². The molecule has 0 unspecified atom stereocenters. The van der Waals surface area contributed by atoms with Gasteiger partial charge in [0.25, 0.3) is 0 Å². The molecular formula is C14H23ClN2S. The minimum atomic E-state index is 0.765. The van der Waals surface area contributed by atoms with Gasteiger partial charge in [0.1, 0.15) is 0 Å². The highest BCUT2D eigenvalue weighted by Crippen LogP contribution is 2.27. The first-order valence-electron chi connectivity index (χ1n) is 6.84. The summed E-state index contributed by atoms with van der Waals surface area (Å²) in [6.07, 6.45) is 2.79. The molecule has 0 aliphatic heterocycles. The van der Waals surface area contributed by atoms with Crippen molar-refractivity contribution < 1.29 is 0 Å². The van der Waals surface area contributed by atoms with Crippen LogP contribution in [0.25, 0.3) is 0 Å². The Balaban J connectivity index is 1.64. The fourth-order valence-corrected chi connectivity index (χ4v) is 3.27. The largest absolute Gasteiger partial charge is 0.311 e. The maximum atomic E-state index is 5.91. The maximum absolute atomic E-state index is 5.91. The normalized spacial score (nSPS) is 15.8. The van der Waals surface area contributed by atoms with Gasteiger partial charge < -0.3 is 5.32 Å². The van der Waals surface area contributed by atoms with Gasteiger partial charge in [-0.05, 0) is 30.9 Å². The summed E-state index contributed by atoms with van der Waals surface area (Å²) in [6.45, 7) is 9.02. The van der Waals surface area contributed by atoms with E-state index in [0.717, 1.165) is 29.4 Å². The van der Waals surface area contributed by atoms with Crippen molar-refractivity contribution in [2.45, 2.75) is 39.3 Å². The Morgan fingerprint density at radius 1 is 1.44 bits per heavy atom. The molecule has 2 nitrogen and oxygen atoms in total. The van der Waals surface area contributed by atoms with Crippen molar-refractivity contribution in [1.29, 1.82) is 0 Å². The van der Waals surface area contributed by atoms with E-state index in [0.29, 0.717) is 0 Å². The zero-order chi connectivity index (χ0) is 13.0. The van der Waals surface area contributed by atoms with Gasteiger partial charge in [0, 0.05) is 37.1 Å². The maximum Gasteiger partial charge on any atom is 0.0931 e. The molecule has 1 aliphatic carbocycles. The summed E-state index contributed by atoms with van der Waals surface area (Å²) in [4.78, 5) is 3.96. The second kappa shape index (κ2) is 6.90. The third kappa shape index (κ3) is 4.88. The Morgan fingerprint density at radius 3 is 2.78 bits per heavy atom. The van der Waals surface area contributed by atoms with Crippen LogP contribution in [0.5, 0.6) is 0 Å². The second-order valence-electron chi connectivity index (χ2n) is 5.50. The highest BCUT2D eigenvalue weighted by Gasteiger charge is 2.28. The Bertz CT molecular complexity index is 360. The van der Waals surface area contributed by atoms with Crippen LogP contribution >= 0.6 is 22.9 Å². The topological polar surface area (TPSA) is 15.3 Å². The SMILES string of the molecule is CC(C)CN(CCNCc1ccc(Cl)s1)C1CC1. The molecule has 1 fully saturated rings. The first-order chi connectivity index (χ1) is 8.65. The lowest BCUT2D eigenvalue weighted by Gasteiger charge is -2.24. The van der Waals surface area contributed by atoms with Crippen molar-refractivity contribution in [3.63, 3.8) is 0 Å². The highest BCUT2D eigenvalue weighted by molar-refractivity contribution is 7.16. The molecule has 0 aromatic carbocycles. The minimum absolute atomic E-state index is 0.765. The first-order valence-corrected chi connectivity index (χ1v) is 8.03. The van der Waals surface area contributed by atoms with Crippen LogP contribution in [0.4, 0.5) is 0 Å². The van der Waals surface area contributed by atoms with Crippen molar-refractivity contribution in [3.05, 3.63) is 21.3 Å². The van der Waals surface area contributed by atoms with Crippen LogP contribution in [0.2, 0.25) is 4.34 Å². The summed E-state index contributed by atoms with van der Waals surface area (Å²) in [5.41, 5.74) is 0. The van der Waals surface area contributed by atoms with Gasteiger partial charge in [-0.1, -0.05) is 25.4 Å². The molecule has 1 N–H and O–H groups in total. The van der Waals surface area contributed by atoms with E-state index in [-0.39, 0.29) is 0 Å². The summed E-state index contributed by atoms with van der Waals surface area (Å²) >= 11 is 7.58. The Labute approximate surface area is 119 Å². The summed E-state index contributed by atoms with van der Waals surface area (Å²) < 4.78 is 0.881. The van der Waals surface area contributed by atoms with E-state index in [1.807, 2.05) is 6.07 Å². The number of nitrogens with one attached hydrogen (secondary N) is 1. The molecule has 1 aromatic rings. The van der Waals surface area contributed by atoms with Crippen molar-refractivity contribution in [2.75, 3.05) is 19.6 Å². The standard InChI is InChI=1S/C14H23ClN2S/c1-11(2)10-17(12-3-4-12)8-7-16-9-13-5-6-14(15)18-13/h5-6,11-12,16H,3-4,7-10H2,1-2H3. The van der Waals surface area contributed by atoms with Crippen LogP contribution in [0.1, 0.15) is 31.6 Å². The molecule has 0 bridgehead atoms. The van der Waals surface area contributed by atoms with Crippen LogP contribution in [0, 0.1) is 5.92 Å². The fraction of sp³-hybridized carbons (Fsp3) is 0.714. The lowest BCUT2D eigenvalue weighted by atomic mass is 10.2. The zero-order valence-electron chi connectivity index (χ0n) is 11.3. The summed E-state index contributed by atoms with van der Waals surface area (Å²) in [7, 11) is 0. The van der Waals surface area contributed by atoms with Gasteiger partial charge in [-0.3, -0.25) is 4.90 Å². The van der Waals surface area contributed by atoms with E-state index in [9.17, 15) is 0 Å². The van der Waals surface area contributed by atoms with E-state index >= 15 is 0 Å². The monoisotopic (exact) mass is 286 g/mol. The third-order valence-electron chi connectivity index (χ3n) is 3.17. The van der Waals surface area contributed by atoms with Crippen LogP contribution in [-0.2, 0) is 6.54 Å². The van der Waals surface area contributed by atoms with E-state index in [1.54, 1.807) is 11.3 Å². The van der Waals surface area contributed by atoms with Crippen LogP contribution in [0.3, 0.4) is 0 Å². The molecule has 18 heavy (non-hydrogen) atoms. The Hall–Kier alpha value is -0.0900. The summed E-state index contributed by atoms with van der Waals surface area (Å²) in [5.74, 6) is 0.765. The number of rotatable bonds is 8. The molecule has 1 heterocycles. The van der Waals surface area contributed by atoms with E-state index in [1.165, 1.54) is 30.8 Å². The molecule has 0 atom stereocenters. The molecule has 1 saturated carbocycles. The average Bonchev–Trinajstić information content (AvgIpc) is 3.07. The highest BCUT2D eigenvalue weighted by atomic mass is 35.5. The van der Waals surface area contributed by atoms with Crippen molar-refractivity contribution >= 4 is 22.9 Å².